The van der Waals surface area contributed by atoms with Crippen molar-refractivity contribution in [2.24, 2.45) is 10.8 Å². The molecule has 2 bridgehead atoms. The fourth-order valence-corrected chi connectivity index (χ4v) is 9.33. The van der Waals surface area contributed by atoms with Gasteiger partial charge in [0.2, 0.25) is 0 Å². The van der Waals surface area contributed by atoms with Crippen LogP contribution in [0.4, 0.5) is 0 Å². The molecule has 5 aliphatic rings. The molecule has 0 N–H and O–H groups in total. The van der Waals surface area contributed by atoms with Crippen molar-refractivity contribution in [1.82, 2.24) is 0 Å². The Hall–Kier alpha value is -3.91. The van der Waals surface area contributed by atoms with Crippen molar-refractivity contribution in [2.45, 2.75) is 123 Å². The number of methoxy groups -OCH3 is 1. The van der Waals surface area contributed by atoms with Crippen LogP contribution >= 0.6 is 0 Å². The third-order valence-electron chi connectivity index (χ3n) is 11.9. The number of fused-ring (bicyclic) bond motifs is 11. The first kappa shape index (κ1) is 34.5. The van der Waals surface area contributed by atoms with Gasteiger partial charge in [-0.25, -0.2) is 9.59 Å². The number of carbonyl (C=O) groups is 2. The maximum absolute atomic E-state index is 14.5. The summed E-state index contributed by atoms with van der Waals surface area (Å²) >= 11 is 0. The predicted molar refractivity (Wildman–Crippen MR) is 190 cm³/mol. The summed E-state index contributed by atoms with van der Waals surface area (Å²) < 4.78 is 30.7. The van der Waals surface area contributed by atoms with Crippen LogP contribution in [0.2, 0.25) is 0 Å². The van der Waals surface area contributed by atoms with Crippen LogP contribution in [-0.4, -0.2) is 37.4 Å². The first-order valence-corrected chi connectivity index (χ1v) is 18.3. The summed E-state index contributed by atoms with van der Waals surface area (Å²) in [7, 11) is 1.59. The lowest BCUT2D eigenvalue weighted by Gasteiger charge is -2.43. The van der Waals surface area contributed by atoms with E-state index in [9.17, 15) is 14.4 Å². The third kappa shape index (κ3) is 6.63. The first-order valence-electron chi connectivity index (χ1n) is 18.3. The summed E-state index contributed by atoms with van der Waals surface area (Å²) in [6, 6.07) is 14.1. The number of hydrogen-bond donors (Lipinski definition) is 0. The largest absolute Gasteiger partial charge is 0.483 e. The molecule has 266 valence electrons. The molecule has 8 rings (SSSR count). The van der Waals surface area contributed by atoms with Gasteiger partial charge in [-0.3, -0.25) is 4.79 Å². The van der Waals surface area contributed by atoms with Crippen LogP contribution in [0.3, 0.4) is 0 Å². The summed E-state index contributed by atoms with van der Waals surface area (Å²) in [5.74, 6) is -0.395. The normalized spacial score (nSPS) is 26.1. The van der Waals surface area contributed by atoms with E-state index in [1.807, 2.05) is 39.8 Å². The van der Waals surface area contributed by atoms with E-state index in [1.54, 1.807) is 13.2 Å². The molecular weight excluding hydrogens is 632 g/mol. The number of rotatable bonds is 3. The Morgan fingerprint density at radius 1 is 0.860 bits per heavy atom. The molecule has 1 aromatic heterocycles. The van der Waals surface area contributed by atoms with Gasteiger partial charge in [-0.1, -0.05) is 42.7 Å². The maximum atomic E-state index is 14.5. The van der Waals surface area contributed by atoms with Crippen molar-refractivity contribution in [3.63, 3.8) is 0 Å². The van der Waals surface area contributed by atoms with Gasteiger partial charge in [0.15, 0.2) is 12.2 Å². The third-order valence-corrected chi connectivity index (χ3v) is 11.9. The summed E-state index contributed by atoms with van der Waals surface area (Å²) in [6.07, 6.45) is 8.57. The van der Waals surface area contributed by atoms with Crippen LogP contribution in [0, 0.1) is 10.8 Å². The molecule has 3 atom stereocenters. The lowest BCUT2D eigenvalue weighted by Crippen LogP contribution is -2.52. The lowest BCUT2D eigenvalue weighted by atomic mass is 9.73. The Balaban J connectivity index is 1.35. The van der Waals surface area contributed by atoms with E-state index in [-0.39, 0.29) is 28.8 Å². The van der Waals surface area contributed by atoms with Crippen molar-refractivity contribution >= 4 is 22.9 Å². The van der Waals surface area contributed by atoms with E-state index in [0.717, 1.165) is 36.8 Å². The van der Waals surface area contributed by atoms with Gasteiger partial charge in [-0.2, -0.15) is 0 Å². The van der Waals surface area contributed by atoms with Crippen molar-refractivity contribution in [3.8, 4) is 5.75 Å². The van der Waals surface area contributed by atoms with Gasteiger partial charge in [-0.15, -0.1) is 0 Å². The van der Waals surface area contributed by atoms with Gasteiger partial charge in [0.1, 0.15) is 16.9 Å². The van der Waals surface area contributed by atoms with Gasteiger partial charge in [0.05, 0.1) is 18.6 Å². The summed E-state index contributed by atoms with van der Waals surface area (Å²) in [5.41, 5.74) is 3.44. The molecule has 0 radical (unpaired) electrons. The number of allylic oxidation sites excluding steroid dienone is 1. The van der Waals surface area contributed by atoms with Crippen molar-refractivity contribution in [2.75, 3.05) is 13.7 Å². The highest BCUT2D eigenvalue weighted by Crippen LogP contribution is 2.60. The van der Waals surface area contributed by atoms with Crippen LogP contribution < -0.4 is 10.4 Å². The zero-order chi connectivity index (χ0) is 35.3. The molecule has 2 spiro atoms. The van der Waals surface area contributed by atoms with Crippen LogP contribution in [0.1, 0.15) is 114 Å². The summed E-state index contributed by atoms with van der Waals surface area (Å²) in [6.45, 7) is 7.87. The van der Waals surface area contributed by atoms with E-state index in [2.05, 4.69) is 24.3 Å². The van der Waals surface area contributed by atoms with E-state index in [1.165, 1.54) is 31.2 Å². The van der Waals surface area contributed by atoms with Crippen LogP contribution in [-0.2, 0) is 43.1 Å². The van der Waals surface area contributed by atoms with Crippen molar-refractivity contribution in [1.29, 1.82) is 0 Å². The maximum Gasteiger partial charge on any atom is 0.339 e. The second-order valence-corrected chi connectivity index (χ2v) is 16.2. The predicted octanol–water partition coefficient (Wildman–Crippen LogP) is 8.30. The number of hydrogen-bond acceptors (Lipinski definition) is 8. The Morgan fingerprint density at radius 2 is 1.58 bits per heavy atom. The molecule has 2 aromatic carbocycles. The second-order valence-electron chi connectivity index (χ2n) is 16.2. The SMILES string of the molecule is COCCc1cc2ccc3c(c2oc1=O)[C@H]1OC(=O)C[C@@]2(CCC4(CCCC4)C2)Cc2ccc(cc2)CCC(=C(C)C)C(=O)O[C@@H]1C(C)(C)O3. The highest BCUT2D eigenvalue weighted by atomic mass is 16.6. The molecule has 2 saturated carbocycles. The Kier molecular flexibility index (Phi) is 9.21. The monoisotopic (exact) mass is 682 g/mol. The minimum atomic E-state index is -1.08. The van der Waals surface area contributed by atoms with Gasteiger partial charge < -0.3 is 23.4 Å². The molecule has 0 unspecified atom stereocenters. The van der Waals surface area contributed by atoms with E-state index in [0.29, 0.717) is 53.7 Å². The average molecular weight is 683 g/mol. The van der Waals surface area contributed by atoms with Gasteiger partial charge in [0.25, 0.3) is 0 Å². The highest BCUT2D eigenvalue weighted by molar-refractivity contribution is 5.90. The van der Waals surface area contributed by atoms with Gasteiger partial charge >= 0.3 is 17.6 Å². The van der Waals surface area contributed by atoms with Gasteiger partial charge in [-0.05, 0) is 119 Å². The fraction of sp³-hybridized carbons (Fsp3) is 0.548. The smallest absolute Gasteiger partial charge is 0.339 e. The molecule has 3 aromatic rings. The van der Waals surface area contributed by atoms with E-state index in [4.69, 9.17) is 23.4 Å². The molecular formula is C42H50O8. The minimum Gasteiger partial charge on any atom is -0.483 e. The standard InChI is InChI=1S/C42H50O8/c1-26(2)31-14-12-27-8-10-28(11-9-27)23-42(20-19-41(25-42)17-6-7-18-41)24-33(43)47-36-34-32(50-40(3,4)37(36)49-39(31)45)15-13-29-22-30(16-21-46-5)38(44)48-35(29)34/h8-11,13,15,22,36-37H,6-7,12,14,16-21,23-25H2,1-5H3/t36-,37+,42-/m1/s1. The number of carbonyl (C=O) groups excluding carboxylic acids is 2. The number of benzene rings is 2. The van der Waals surface area contributed by atoms with E-state index < -0.39 is 29.4 Å². The fourth-order valence-electron chi connectivity index (χ4n) is 9.33. The molecule has 50 heavy (non-hydrogen) atoms. The molecule has 8 heteroatoms. The minimum absolute atomic E-state index is 0.244. The van der Waals surface area contributed by atoms with Gasteiger partial charge in [0, 0.05) is 30.1 Å². The molecule has 0 saturated heterocycles. The highest BCUT2D eigenvalue weighted by Gasteiger charge is 2.53. The molecule has 2 fully saturated rings. The Morgan fingerprint density at radius 3 is 2.30 bits per heavy atom. The topological polar surface area (TPSA) is 101 Å². The molecule has 8 nitrogen and oxygen atoms in total. The Labute approximate surface area is 294 Å². The second kappa shape index (κ2) is 13.3. The number of ether oxygens (including phenoxy) is 4. The zero-order valence-corrected chi connectivity index (χ0v) is 30.2. The van der Waals surface area contributed by atoms with Crippen molar-refractivity contribution in [3.05, 3.63) is 86.3 Å². The molecule has 4 heterocycles. The Bertz CT molecular complexity index is 1870. The molecule has 3 aliphatic heterocycles. The van der Waals surface area contributed by atoms with Crippen LogP contribution in [0.5, 0.6) is 5.75 Å². The summed E-state index contributed by atoms with van der Waals surface area (Å²) in [5, 5.41) is 0.662. The van der Waals surface area contributed by atoms with Crippen LogP contribution in [0.15, 0.2) is 62.8 Å². The number of esters is 2. The number of aryl methyl sites for hydroxylation is 1. The zero-order valence-electron chi connectivity index (χ0n) is 30.2. The quantitative estimate of drug-likeness (QED) is 0.155. The average Bonchev–Trinajstić information content (AvgIpc) is 3.67. The first-order chi connectivity index (χ1) is 23.9. The van der Waals surface area contributed by atoms with Crippen molar-refractivity contribution < 1.29 is 33.0 Å². The summed E-state index contributed by atoms with van der Waals surface area (Å²) in [4.78, 5) is 41.8. The van der Waals surface area contributed by atoms with E-state index >= 15 is 0 Å². The lowest BCUT2D eigenvalue weighted by molar-refractivity contribution is -0.189. The van der Waals surface area contributed by atoms with Crippen LogP contribution in [0.25, 0.3) is 11.0 Å². The molecule has 2 aliphatic carbocycles. The molecule has 0 amide bonds.